The molecule has 24 heavy (non-hydrogen) atoms. The van der Waals surface area contributed by atoms with Gasteiger partial charge in [-0.3, -0.25) is 10.1 Å². The van der Waals surface area contributed by atoms with E-state index in [2.05, 4.69) is 5.32 Å². The van der Waals surface area contributed by atoms with Crippen LogP contribution in [0.5, 0.6) is 0 Å². The van der Waals surface area contributed by atoms with E-state index in [9.17, 15) is 14.3 Å². The maximum Gasteiger partial charge on any atom is 0.244 e. The second-order valence-electron chi connectivity index (χ2n) is 5.88. The molecule has 6 heteroatoms. The van der Waals surface area contributed by atoms with Crippen LogP contribution in [0.15, 0.2) is 47.1 Å². The molecule has 2 atom stereocenters. The minimum Gasteiger partial charge on any atom is -0.468 e. The predicted octanol–water partition coefficient (Wildman–Crippen LogP) is 2.63. The van der Waals surface area contributed by atoms with E-state index in [0.717, 1.165) is 6.42 Å². The van der Waals surface area contributed by atoms with E-state index in [1.54, 1.807) is 30.5 Å². The Morgan fingerprint density at radius 2 is 2.17 bits per heavy atom. The molecule has 0 saturated carbocycles. The van der Waals surface area contributed by atoms with Gasteiger partial charge >= 0.3 is 0 Å². The van der Waals surface area contributed by atoms with Gasteiger partial charge in [0.15, 0.2) is 0 Å². The number of furan rings is 1. The standard InChI is InChI=1S/C18H21FN2O3/c19-13-5-1-2-7-16(13)21-10-3-6-15(18(21)23)20-14(9-11-22)17-8-4-12-24-17/h1-2,4-5,7-8,12,14-15,20,22H,3,6,9-11H2/t14-,15+/m0/s1. The maximum atomic E-state index is 14.0. The molecule has 0 spiro atoms. The Hall–Kier alpha value is -2.18. The zero-order valence-corrected chi connectivity index (χ0v) is 13.3. The Morgan fingerprint density at radius 1 is 1.33 bits per heavy atom. The van der Waals surface area contributed by atoms with Gasteiger partial charge in [-0.1, -0.05) is 12.1 Å². The number of rotatable bonds is 6. The summed E-state index contributed by atoms with van der Waals surface area (Å²) in [5, 5.41) is 12.5. The van der Waals surface area contributed by atoms with E-state index in [-0.39, 0.29) is 18.6 Å². The molecule has 2 N–H and O–H groups in total. The lowest BCUT2D eigenvalue weighted by molar-refractivity contribution is -0.122. The second-order valence-corrected chi connectivity index (χ2v) is 5.88. The van der Waals surface area contributed by atoms with Crippen molar-refractivity contribution in [2.75, 3.05) is 18.1 Å². The third-order valence-corrected chi connectivity index (χ3v) is 4.29. The molecular formula is C18H21FN2O3. The summed E-state index contributed by atoms with van der Waals surface area (Å²) in [7, 11) is 0. The summed E-state index contributed by atoms with van der Waals surface area (Å²) >= 11 is 0. The van der Waals surface area contributed by atoms with Crippen LogP contribution in [0, 0.1) is 5.82 Å². The van der Waals surface area contributed by atoms with E-state index >= 15 is 0 Å². The molecule has 5 nitrogen and oxygen atoms in total. The van der Waals surface area contributed by atoms with Crippen molar-refractivity contribution in [2.45, 2.75) is 31.3 Å². The van der Waals surface area contributed by atoms with E-state index in [1.807, 2.05) is 6.07 Å². The van der Waals surface area contributed by atoms with Gasteiger partial charge in [0.25, 0.3) is 0 Å². The van der Waals surface area contributed by atoms with E-state index in [1.165, 1.54) is 11.0 Å². The molecule has 1 aliphatic heterocycles. The molecule has 0 bridgehead atoms. The highest BCUT2D eigenvalue weighted by atomic mass is 19.1. The van der Waals surface area contributed by atoms with Gasteiger partial charge in [0.1, 0.15) is 11.6 Å². The van der Waals surface area contributed by atoms with Crippen LogP contribution in [-0.4, -0.2) is 30.2 Å². The van der Waals surface area contributed by atoms with Crippen molar-refractivity contribution >= 4 is 11.6 Å². The first-order valence-corrected chi connectivity index (χ1v) is 8.17. The van der Waals surface area contributed by atoms with Crippen molar-refractivity contribution in [3.8, 4) is 0 Å². The first kappa shape index (κ1) is 16.7. The van der Waals surface area contributed by atoms with Crippen molar-refractivity contribution in [1.82, 2.24) is 5.32 Å². The fourth-order valence-electron chi connectivity index (χ4n) is 3.11. The number of hydrogen-bond donors (Lipinski definition) is 2. The number of nitrogens with one attached hydrogen (secondary N) is 1. The van der Waals surface area contributed by atoms with Crippen LogP contribution < -0.4 is 10.2 Å². The van der Waals surface area contributed by atoms with Crippen LogP contribution >= 0.6 is 0 Å². The second kappa shape index (κ2) is 7.59. The number of para-hydroxylation sites is 1. The Balaban J connectivity index is 1.76. The predicted molar refractivity (Wildman–Crippen MR) is 88.1 cm³/mol. The molecular weight excluding hydrogens is 311 g/mol. The quantitative estimate of drug-likeness (QED) is 0.853. The first-order chi connectivity index (χ1) is 11.7. The van der Waals surface area contributed by atoms with E-state index in [0.29, 0.717) is 30.8 Å². The van der Waals surface area contributed by atoms with Gasteiger partial charge in [-0.25, -0.2) is 4.39 Å². The summed E-state index contributed by atoms with van der Waals surface area (Å²) in [6.45, 7) is 0.486. The number of benzene rings is 1. The third kappa shape index (κ3) is 3.49. The Labute approximate surface area is 140 Å². The van der Waals surface area contributed by atoms with Crippen LogP contribution in [-0.2, 0) is 4.79 Å². The highest BCUT2D eigenvalue weighted by Gasteiger charge is 2.32. The molecule has 0 aliphatic carbocycles. The fraction of sp³-hybridized carbons (Fsp3) is 0.389. The zero-order valence-electron chi connectivity index (χ0n) is 13.3. The van der Waals surface area contributed by atoms with Crippen LogP contribution in [0.25, 0.3) is 0 Å². The van der Waals surface area contributed by atoms with Gasteiger partial charge in [0, 0.05) is 13.2 Å². The van der Waals surface area contributed by atoms with Crippen LogP contribution in [0.3, 0.4) is 0 Å². The van der Waals surface area contributed by atoms with Gasteiger partial charge in [-0.2, -0.15) is 0 Å². The number of aliphatic hydroxyl groups is 1. The smallest absolute Gasteiger partial charge is 0.244 e. The Bertz CT molecular complexity index is 675. The number of anilines is 1. The number of nitrogens with zero attached hydrogens (tertiary/aromatic N) is 1. The SMILES string of the molecule is O=C1[C@H](N[C@@H](CCO)c2ccco2)CCCN1c1ccccc1F. The van der Waals surface area contributed by atoms with Gasteiger partial charge in [-0.15, -0.1) is 0 Å². The van der Waals surface area contributed by atoms with Crippen molar-refractivity contribution in [1.29, 1.82) is 0 Å². The largest absolute Gasteiger partial charge is 0.468 e. The molecule has 2 aromatic rings. The summed E-state index contributed by atoms with van der Waals surface area (Å²) in [4.78, 5) is 14.3. The molecule has 1 saturated heterocycles. The normalized spacial score (nSPS) is 19.5. The molecule has 0 radical (unpaired) electrons. The summed E-state index contributed by atoms with van der Waals surface area (Å²) in [5.74, 6) is 0.130. The van der Waals surface area contributed by atoms with Crippen LogP contribution in [0.2, 0.25) is 0 Å². The number of amides is 1. The molecule has 3 rings (SSSR count). The molecule has 1 fully saturated rings. The number of piperidine rings is 1. The Kier molecular flexibility index (Phi) is 5.27. The van der Waals surface area contributed by atoms with Gasteiger partial charge in [0.2, 0.25) is 5.91 Å². The highest BCUT2D eigenvalue weighted by Crippen LogP contribution is 2.26. The molecule has 1 aromatic carbocycles. The fourth-order valence-corrected chi connectivity index (χ4v) is 3.11. The monoisotopic (exact) mass is 332 g/mol. The minimum absolute atomic E-state index is 0.0176. The average molecular weight is 332 g/mol. The first-order valence-electron chi connectivity index (χ1n) is 8.17. The van der Waals surface area contributed by atoms with Crippen LogP contribution in [0.4, 0.5) is 10.1 Å². The molecule has 0 unspecified atom stereocenters. The van der Waals surface area contributed by atoms with Gasteiger partial charge in [0.05, 0.1) is 24.0 Å². The van der Waals surface area contributed by atoms with E-state index < -0.39 is 11.9 Å². The number of halogens is 1. The number of aliphatic hydroxyl groups excluding tert-OH is 1. The van der Waals surface area contributed by atoms with Crippen molar-refractivity contribution in [2.24, 2.45) is 0 Å². The number of carbonyl (C=O) groups is 1. The molecule has 1 aromatic heterocycles. The molecule has 128 valence electrons. The molecule has 1 amide bonds. The van der Waals surface area contributed by atoms with Gasteiger partial charge in [-0.05, 0) is 43.5 Å². The van der Waals surface area contributed by atoms with Crippen LogP contribution in [0.1, 0.15) is 31.1 Å². The Morgan fingerprint density at radius 3 is 2.88 bits per heavy atom. The van der Waals surface area contributed by atoms with Gasteiger partial charge < -0.3 is 14.4 Å². The highest BCUT2D eigenvalue weighted by molar-refractivity contribution is 5.98. The lowest BCUT2D eigenvalue weighted by atomic mass is 10.0. The maximum absolute atomic E-state index is 14.0. The van der Waals surface area contributed by atoms with E-state index in [4.69, 9.17) is 4.42 Å². The summed E-state index contributed by atoms with van der Waals surface area (Å²) < 4.78 is 19.4. The lowest BCUT2D eigenvalue weighted by Gasteiger charge is -2.34. The average Bonchev–Trinajstić information content (AvgIpc) is 3.11. The summed E-state index contributed by atoms with van der Waals surface area (Å²) in [5.41, 5.74) is 0.311. The zero-order chi connectivity index (χ0) is 16.9. The number of carbonyl (C=O) groups excluding carboxylic acids is 1. The summed E-state index contributed by atoms with van der Waals surface area (Å²) in [6.07, 6.45) is 3.46. The number of hydrogen-bond acceptors (Lipinski definition) is 4. The van der Waals surface area contributed by atoms with Crippen molar-refractivity contribution in [3.05, 3.63) is 54.2 Å². The van der Waals surface area contributed by atoms with Crippen molar-refractivity contribution in [3.63, 3.8) is 0 Å². The topological polar surface area (TPSA) is 65.7 Å². The minimum atomic E-state index is -0.431. The third-order valence-electron chi connectivity index (χ3n) is 4.29. The lowest BCUT2D eigenvalue weighted by Crippen LogP contribution is -2.52. The summed E-state index contributed by atoms with van der Waals surface area (Å²) in [6, 6.07) is 9.21. The molecule has 1 aliphatic rings. The molecule has 2 heterocycles. The van der Waals surface area contributed by atoms with Crippen molar-refractivity contribution < 1.29 is 18.7 Å².